The smallest absolute Gasteiger partial charge is 0.191 e. The average molecular weight is 437 g/mol. The van der Waals surface area contributed by atoms with Crippen LogP contribution in [0.1, 0.15) is 32.1 Å². The fourth-order valence-electron chi connectivity index (χ4n) is 4.15. The number of aliphatic imine (C=N–C) groups is 1. The van der Waals surface area contributed by atoms with Gasteiger partial charge in [0.1, 0.15) is 0 Å². The van der Waals surface area contributed by atoms with E-state index in [0.717, 1.165) is 49.6 Å². The number of guanidine groups is 1. The van der Waals surface area contributed by atoms with Gasteiger partial charge in [-0.2, -0.15) is 0 Å². The Morgan fingerprint density at radius 1 is 1.37 bits per heavy atom. The van der Waals surface area contributed by atoms with Crippen LogP contribution in [-0.2, 0) is 4.74 Å². The van der Waals surface area contributed by atoms with Gasteiger partial charge in [0.2, 0.25) is 0 Å². The van der Waals surface area contributed by atoms with Crippen molar-refractivity contribution in [3.8, 4) is 0 Å². The first-order valence-electron chi connectivity index (χ1n) is 10.1. The summed E-state index contributed by atoms with van der Waals surface area (Å²) in [6.45, 7) is 5.02. The predicted molar refractivity (Wildman–Crippen MR) is 117 cm³/mol. The van der Waals surface area contributed by atoms with Crippen molar-refractivity contribution >= 4 is 27.6 Å². The molecule has 2 aliphatic rings. The Balaban J connectivity index is 1.42. The van der Waals surface area contributed by atoms with Gasteiger partial charge in [0.05, 0.1) is 0 Å². The molecule has 5 nitrogen and oxygen atoms in total. The lowest BCUT2D eigenvalue weighted by Gasteiger charge is -2.42. The van der Waals surface area contributed by atoms with Crippen LogP contribution in [0.15, 0.2) is 33.7 Å². The van der Waals surface area contributed by atoms with Gasteiger partial charge in [0, 0.05) is 57.1 Å². The Morgan fingerprint density at radius 2 is 2.22 bits per heavy atom. The first-order valence-corrected chi connectivity index (χ1v) is 10.9. The first-order chi connectivity index (χ1) is 13.1. The summed E-state index contributed by atoms with van der Waals surface area (Å²) in [5.41, 5.74) is 1.71. The molecule has 2 N–H and O–H groups in total. The van der Waals surface area contributed by atoms with Crippen molar-refractivity contribution in [1.29, 1.82) is 0 Å². The molecule has 0 radical (unpaired) electrons. The van der Waals surface area contributed by atoms with Gasteiger partial charge in [-0.05, 0) is 55.2 Å². The maximum atomic E-state index is 5.29. The topological polar surface area (TPSA) is 48.9 Å². The zero-order valence-electron chi connectivity index (χ0n) is 16.6. The van der Waals surface area contributed by atoms with Gasteiger partial charge in [-0.15, -0.1) is 0 Å². The third kappa shape index (κ3) is 5.61. The summed E-state index contributed by atoms with van der Waals surface area (Å²) in [7, 11) is 3.65. The minimum absolute atomic E-state index is 0.401. The summed E-state index contributed by atoms with van der Waals surface area (Å²) in [4.78, 5) is 6.90. The molecule has 3 rings (SSSR count). The molecule has 1 heterocycles. The van der Waals surface area contributed by atoms with E-state index in [-0.39, 0.29) is 0 Å². The second-order valence-corrected chi connectivity index (χ2v) is 8.90. The van der Waals surface area contributed by atoms with E-state index in [1.54, 1.807) is 7.11 Å². The van der Waals surface area contributed by atoms with Crippen LogP contribution < -0.4 is 15.5 Å². The number of ether oxygens (including phenoxy) is 1. The van der Waals surface area contributed by atoms with Crippen molar-refractivity contribution in [2.75, 3.05) is 51.8 Å². The summed E-state index contributed by atoms with van der Waals surface area (Å²) < 4.78 is 6.44. The SMILES string of the molecule is CN=C(NCC1CCN(c2cccc(Br)c2)C1)NCC1(CCOC)CCC1. The second kappa shape index (κ2) is 9.78. The predicted octanol–water partition coefficient (Wildman–Crippen LogP) is 3.65. The number of nitrogens with zero attached hydrogens (tertiary/aromatic N) is 2. The molecule has 1 aliphatic carbocycles. The molecule has 1 unspecified atom stereocenters. The maximum absolute atomic E-state index is 5.29. The van der Waals surface area contributed by atoms with Crippen LogP contribution in [0.2, 0.25) is 0 Å². The molecular weight excluding hydrogens is 404 g/mol. The second-order valence-electron chi connectivity index (χ2n) is 7.98. The van der Waals surface area contributed by atoms with E-state index >= 15 is 0 Å². The lowest BCUT2D eigenvalue weighted by molar-refractivity contribution is 0.0732. The highest BCUT2D eigenvalue weighted by Crippen LogP contribution is 2.43. The molecular formula is C21H33BrN4O. The standard InChI is InChI=1S/C21H33BrN4O/c1-23-20(25-16-21(8-4-9-21)10-12-27-2)24-14-17-7-11-26(15-17)19-6-3-5-18(22)13-19/h3,5-6,13,17H,4,7-12,14-16H2,1-2H3,(H2,23,24,25). The third-order valence-electron chi connectivity index (χ3n) is 6.12. The molecule has 6 heteroatoms. The molecule has 0 bridgehead atoms. The number of nitrogens with one attached hydrogen (secondary N) is 2. The Bertz CT molecular complexity index is 632. The zero-order valence-corrected chi connectivity index (χ0v) is 18.2. The molecule has 2 fully saturated rings. The monoisotopic (exact) mass is 436 g/mol. The van der Waals surface area contributed by atoms with Gasteiger partial charge in [0.15, 0.2) is 5.96 Å². The molecule has 1 saturated carbocycles. The number of benzene rings is 1. The van der Waals surface area contributed by atoms with E-state index in [1.807, 2.05) is 7.05 Å². The number of methoxy groups -OCH3 is 1. The van der Waals surface area contributed by atoms with Crippen molar-refractivity contribution in [3.63, 3.8) is 0 Å². The summed E-state index contributed by atoms with van der Waals surface area (Å²) >= 11 is 3.57. The highest BCUT2D eigenvalue weighted by Gasteiger charge is 2.36. The average Bonchev–Trinajstić information content (AvgIpc) is 3.12. The van der Waals surface area contributed by atoms with Crippen LogP contribution in [0.5, 0.6) is 0 Å². The Hall–Kier alpha value is -1.27. The van der Waals surface area contributed by atoms with E-state index in [2.05, 4.69) is 60.7 Å². The van der Waals surface area contributed by atoms with E-state index in [1.165, 1.54) is 31.4 Å². The van der Waals surface area contributed by atoms with Gasteiger partial charge >= 0.3 is 0 Å². The van der Waals surface area contributed by atoms with Crippen LogP contribution in [-0.4, -0.2) is 52.9 Å². The molecule has 1 aromatic carbocycles. The van der Waals surface area contributed by atoms with Gasteiger partial charge in [0.25, 0.3) is 0 Å². The van der Waals surface area contributed by atoms with Gasteiger partial charge in [-0.25, -0.2) is 0 Å². The number of hydrogen-bond acceptors (Lipinski definition) is 3. The molecule has 1 aliphatic heterocycles. The first kappa shape index (κ1) is 20.5. The summed E-state index contributed by atoms with van der Waals surface area (Å²) in [6, 6.07) is 8.58. The van der Waals surface area contributed by atoms with Gasteiger partial charge in [-0.3, -0.25) is 4.99 Å². The van der Waals surface area contributed by atoms with Crippen molar-refractivity contribution < 1.29 is 4.74 Å². The number of rotatable bonds is 8. The van der Waals surface area contributed by atoms with Gasteiger partial charge in [-0.1, -0.05) is 28.4 Å². The fourth-order valence-corrected chi connectivity index (χ4v) is 4.54. The van der Waals surface area contributed by atoms with E-state index < -0.39 is 0 Å². The highest BCUT2D eigenvalue weighted by atomic mass is 79.9. The van der Waals surface area contributed by atoms with Crippen LogP contribution >= 0.6 is 15.9 Å². The normalized spacial score (nSPS) is 21.8. The molecule has 0 spiro atoms. The molecule has 1 saturated heterocycles. The van der Waals surface area contributed by atoms with E-state index in [4.69, 9.17) is 4.74 Å². The van der Waals surface area contributed by atoms with Gasteiger partial charge < -0.3 is 20.3 Å². The van der Waals surface area contributed by atoms with Crippen molar-refractivity contribution in [2.24, 2.45) is 16.3 Å². The molecule has 1 atom stereocenters. The summed E-state index contributed by atoms with van der Waals surface area (Å²) in [5.74, 6) is 1.58. The number of anilines is 1. The lowest BCUT2D eigenvalue weighted by Crippen LogP contribution is -2.47. The maximum Gasteiger partial charge on any atom is 0.191 e. The highest BCUT2D eigenvalue weighted by molar-refractivity contribution is 9.10. The Kier molecular flexibility index (Phi) is 7.41. The summed E-state index contributed by atoms with van der Waals surface area (Å²) in [6.07, 6.45) is 6.28. The van der Waals surface area contributed by atoms with E-state index in [9.17, 15) is 0 Å². The Morgan fingerprint density at radius 3 is 2.89 bits per heavy atom. The number of halogens is 1. The summed E-state index contributed by atoms with van der Waals surface area (Å²) in [5, 5.41) is 7.10. The molecule has 1 aromatic rings. The minimum Gasteiger partial charge on any atom is -0.385 e. The minimum atomic E-state index is 0.401. The molecule has 27 heavy (non-hydrogen) atoms. The number of hydrogen-bond donors (Lipinski definition) is 2. The largest absolute Gasteiger partial charge is 0.385 e. The zero-order chi connectivity index (χ0) is 19.1. The van der Waals surface area contributed by atoms with Crippen LogP contribution in [0.25, 0.3) is 0 Å². The Labute approximate surface area is 172 Å². The van der Waals surface area contributed by atoms with Crippen LogP contribution in [0, 0.1) is 11.3 Å². The van der Waals surface area contributed by atoms with Crippen molar-refractivity contribution in [1.82, 2.24) is 10.6 Å². The van der Waals surface area contributed by atoms with E-state index in [0.29, 0.717) is 11.3 Å². The van der Waals surface area contributed by atoms with Crippen molar-refractivity contribution in [2.45, 2.75) is 32.1 Å². The van der Waals surface area contributed by atoms with Crippen LogP contribution in [0.4, 0.5) is 5.69 Å². The lowest BCUT2D eigenvalue weighted by atomic mass is 9.67. The molecule has 0 aromatic heterocycles. The molecule has 150 valence electrons. The molecule has 0 amide bonds. The fraction of sp³-hybridized carbons (Fsp3) is 0.667. The van der Waals surface area contributed by atoms with Crippen LogP contribution in [0.3, 0.4) is 0 Å². The van der Waals surface area contributed by atoms with Crippen molar-refractivity contribution in [3.05, 3.63) is 28.7 Å². The third-order valence-corrected chi connectivity index (χ3v) is 6.62. The quantitative estimate of drug-likeness (QED) is 0.482.